The van der Waals surface area contributed by atoms with Crippen LogP contribution < -0.4 is 5.73 Å². The number of nitrogens with two attached hydrogens (primary N) is 1. The summed E-state index contributed by atoms with van der Waals surface area (Å²) in [6, 6.07) is 0. The summed E-state index contributed by atoms with van der Waals surface area (Å²) >= 11 is 2.71. The number of thiazole rings is 2. The lowest BCUT2D eigenvalue weighted by molar-refractivity contribution is 0.601. The summed E-state index contributed by atoms with van der Waals surface area (Å²) < 4.78 is 22.4. The van der Waals surface area contributed by atoms with E-state index in [-0.39, 0.29) is 5.75 Å². The molecule has 5 nitrogen and oxygen atoms in total. The molecule has 0 aliphatic carbocycles. The van der Waals surface area contributed by atoms with Gasteiger partial charge in [0, 0.05) is 11.6 Å². The summed E-state index contributed by atoms with van der Waals surface area (Å²) in [6.07, 6.45) is 1.20. The highest BCUT2D eigenvalue weighted by molar-refractivity contribution is 7.90. The summed E-state index contributed by atoms with van der Waals surface area (Å²) in [7, 11) is -3.05. The van der Waals surface area contributed by atoms with E-state index in [1.54, 1.807) is 0 Å². The molecule has 0 spiro atoms. The molecule has 0 atom stereocenters. The zero-order valence-electron chi connectivity index (χ0n) is 9.30. The molecular weight excluding hydrogens is 278 g/mol. The second-order valence-electron chi connectivity index (χ2n) is 3.66. The van der Waals surface area contributed by atoms with E-state index in [4.69, 9.17) is 5.73 Å². The van der Waals surface area contributed by atoms with Crippen molar-refractivity contribution in [3.8, 4) is 10.6 Å². The minimum absolute atomic E-state index is 0.0296. The van der Waals surface area contributed by atoms with Crippen molar-refractivity contribution < 1.29 is 8.42 Å². The monoisotopic (exact) mass is 289 g/mol. The van der Waals surface area contributed by atoms with E-state index in [9.17, 15) is 8.42 Å². The number of nitrogen functional groups attached to an aromatic ring is 1. The molecule has 0 bridgehead atoms. The van der Waals surface area contributed by atoms with E-state index in [0.29, 0.717) is 10.1 Å². The number of hydrogen-bond donors (Lipinski definition) is 1. The average Bonchev–Trinajstić information content (AvgIpc) is 2.70. The van der Waals surface area contributed by atoms with Crippen molar-refractivity contribution in [3.05, 3.63) is 16.1 Å². The van der Waals surface area contributed by atoms with Crippen LogP contribution in [0.3, 0.4) is 0 Å². The fourth-order valence-corrected chi connectivity index (χ4v) is 4.21. The third kappa shape index (κ3) is 3.02. The van der Waals surface area contributed by atoms with Gasteiger partial charge >= 0.3 is 0 Å². The molecule has 0 radical (unpaired) electrons. The van der Waals surface area contributed by atoms with E-state index in [1.165, 1.54) is 28.9 Å². The van der Waals surface area contributed by atoms with E-state index in [0.717, 1.165) is 16.3 Å². The van der Waals surface area contributed by atoms with E-state index in [1.807, 2.05) is 12.3 Å². The van der Waals surface area contributed by atoms with E-state index in [2.05, 4.69) is 9.97 Å². The van der Waals surface area contributed by atoms with Crippen LogP contribution in [0.25, 0.3) is 10.6 Å². The van der Waals surface area contributed by atoms with Gasteiger partial charge in [-0.15, -0.1) is 22.7 Å². The van der Waals surface area contributed by atoms with Crippen molar-refractivity contribution in [2.24, 2.45) is 0 Å². The largest absolute Gasteiger partial charge is 0.375 e. The highest BCUT2D eigenvalue weighted by atomic mass is 32.2. The molecule has 0 aliphatic rings. The van der Waals surface area contributed by atoms with Gasteiger partial charge in [0.1, 0.15) is 10.8 Å². The highest BCUT2D eigenvalue weighted by Gasteiger charge is 2.15. The SMILES string of the molecule is Cc1nc(CS(C)(=O)=O)sc1-c1csc(N)n1. The zero-order chi connectivity index (χ0) is 12.6. The normalized spacial score (nSPS) is 11.9. The smallest absolute Gasteiger partial charge is 0.180 e. The lowest BCUT2D eigenvalue weighted by atomic mass is 10.3. The van der Waals surface area contributed by atoms with Crippen molar-refractivity contribution >= 4 is 37.6 Å². The summed E-state index contributed by atoms with van der Waals surface area (Å²) in [5, 5.41) is 2.93. The number of sulfone groups is 1. The van der Waals surface area contributed by atoms with Crippen LogP contribution in [0.15, 0.2) is 5.38 Å². The molecular formula is C9H11N3O2S3. The number of hydrogen-bond acceptors (Lipinski definition) is 7. The standard InChI is InChI=1S/C9H11N3O2S3/c1-5-8(6-3-15-9(10)12-6)16-7(11-5)4-17(2,13)14/h3H,4H2,1-2H3,(H2,10,12). The molecule has 0 aliphatic heterocycles. The second kappa shape index (κ2) is 4.35. The Kier molecular flexibility index (Phi) is 3.19. The highest BCUT2D eigenvalue weighted by Crippen LogP contribution is 2.32. The van der Waals surface area contributed by atoms with Crippen LogP contribution in [-0.4, -0.2) is 24.6 Å². The van der Waals surface area contributed by atoms with Crippen molar-refractivity contribution in [2.75, 3.05) is 12.0 Å². The van der Waals surface area contributed by atoms with Crippen molar-refractivity contribution in [2.45, 2.75) is 12.7 Å². The number of anilines is 1. The van der Waals surface area contributed by atoms with Crippen molar-refractivity contribution in [1.29, 1.82) is 0 Å². The molecule has 0 unspecified atom stereocenters. The third-order valence-electron chi connectivity index (χ3n) is 1.98. The maximum atomic E-state index is 11.2. The molecule has 8 heteroatoms. The molecule has 2 aromatic rings. The predicted molar refractivity (Wildman–Crippen MR) is 70.9 cm³/mol. The quantitative estimate of drug-likeness (QED) is 0.929. The van der Waals surface area contributed by atoms with Gasteiger partial charge in [-0.1, -0.05) is 0 Å². The molecule has 0 saturated heterocycles. The Balaban J connectivity index is 2.37. The summed E-state index contributed by atoms with van der Waals surface area (Å²) in [5.74, 6) is -0.0296. The molecule has 2 aromatic heterocycles. The minimum Gasteiger partial charge on any atom is -0.375 e. The van der Waals surface area contributed by atoms with Gasteiger partial charge in [0.15, 0.2) is 15.0 Å². The van der Waals surface area contributed by atoms with Gasteiger partial charge in [-0.25, -0.2) is 18.4 Å². The second-order valence-corrected chi connectivity index (χ2v) is 7.78. The molecule has 2 heterocycles. The Morgan fingerprint density at radius 1 is 1.41 bits per heavy atom. The molecule has 0 fully saturated rings. The Hall–Kier alpha value is -0.990. The number of rotatable bonds is 3. The first-order valence-electron chi connectivity index (χ1n) is 4.70. The summed E-state index contributed by atoms with van der Waals surface area (Å²) in [5.41, 5.74) is 7.13. The van der Waals surface area contributed by atoms with Gasteiger partial charge in [-0.2, -0.15) is 0 Å². The number of nitrogens with zero attached hydrogens (tertiary/aromatic N) is 2. The molecule has 0 saturated carbocycles. The van der Waals surface area contributed by atoms with Crippen LogP contribution in [0, 0.1) is 6.92 Å². The zero-order valence-corrected chi connectivity index (χ0v) is 11.7. The average molecular weight is 289 g/mol. The first-order valence-corrected chi connectivity index (χ1v) is 8.46. The predicted octanol–water partition coefficient (Wildman–Crippen LogP) is 1.70. The fraction of sp³-hybridized carbons (Fsp3) is 0.333. The third-order valence-corrected chi connectivity index (χ3v) is 4.82. The Morgan fingerprint density at radius 2 is 2.12 bits per heavy atom. The van der Waals surface area contributed by atoms with Gasteiger partial charge in [0.2, 0.25) is 0 Å². The van der Waals surface area contributed by atoms with Gasteiger partial charge in [0.25, 0.3) is 0 Å². The Morgan fingerprint density at radius 3 is 2.65 bits per heavy atom. The van der Waals surface area contributed by atoms with Crippen molar-refractivity contribution in [3.63, 3.8) is 0 Å². The van der Waals surface area contributed by atoms with Crippen LogP contribution in [0.2, 0.25) is 0 Å². The van der Waals surface area contributed by atoms with Gasteiger partial charge in [-0.3, -0.25) is 0 Å². The Labute approximate surface area is 107 Å². The molecule has 2 N–H and O–H groups in total. The van der Waals surface area contributed by atoms with E-state index < -0.39 is 9.84 Å². The maximum Gasteiger partial charge on any atom is 0.180 e. The van der Waals surface area contributed by atoms with E-state index >= 15 is 0 Å². The first kappa shape index (κ1) is 12.5. The van der Waals surface area contributed by atoms with Crippen LogP contribution in [0.1, 0.15) is 10.7 Å². The molecule has 92 valence electrons. The molecule has 0 amide bonds. The van der Waals surface area contributed by atoms with Gasteiger partial charge in [-0.05, 0) is 6.92 Å². The van der Waals surface area contributed by atoms with Crippen molar-refractivity contribution in [1.82, 2.24) is 9.97 Å². The number of aromatic nitrogens is 2. The lowest BCUT2D eigenvalue weighted by Crippen LogP contribution is -1.99. The molecule has 2 rings (SSSR count). The topological polar surface area (TPSA) is 85.9 Å². The lowest BCUT2D eigenvalue weighted by Gasteiger charge is -1.91. The first-order chi connectivity index (χ1) is 7.85. The fourth-order valence-electron chi connectivity index (χ4n) is 1.37. The van der Waals surface area contributed by atoms with Crippen LogP contribution in [-0.2, 0) is 15.6 Å². The summed E-state index contributed by atoms with van der Waals surface area (Å²) in [6.45, 7) is 1.84. The van der Waals surface area contributed by atoms with Gasteiger partial charge in [0.05, 0.1) is 16.3 Å². The minimum atomic E-state index is -3.05. The Bertz CT molecular complexity index is 642. The van der Waals surface area contributed by atoms with Crippen LogP contribution in [0.4, 0.5) is 5.13 Å². The maximum absolute atomic E-state index is 11.2. The van der Waals surface area contributed by atoms with Crippen LogP contribution in [0.5, 0.6) is 0 Å². The summed E-state index contributed by atoms with van der Waals surface area (Å²) in [4.78, 5) is 9.30. The molecule has 0 aromatic carbocycles. The van der Waals surface area contributed by atoms with Crippen LogP contribution >= 0.6 is 22.7 Å². The van der Waals surface area contributed by atoms with Gasteiger partial charge < -0.3 is 5.73 Å². The number of aryl methyl sites for hydroxylation is 1. The molecule has 17 heavy (non-hydrogen) atoms.